The first-order valence-electron chi connectivity index (χ1n) is 5.69. The molecule has 0 aliphatic heterocycles. The van der Waals surface area contributed by atoms with Gasteiger partial charge >= 0.3 is 0 Å². The Kier molecular flexibility index (Phi) is 3.33. The van der Waals surface area contributed by atoms with Gasteiger partial charge < -0.3 is 10.5 Å². The van der Waals surface area contributed by atoms with Crippen molar-refractivity contribution in [2.75, 3.05) is 5.73 Å². The summed E-state index contributed by atoms with van der Waals surface area (Å²) in [5, 5.41) is 0. The summed E-state index contributed by atoms with van der Waals surface area (Å²) in [4.78, 5) is 0. The molecule has 0 aliphatic rings. The third-order valence-electron chi connectivity index (χ3n) is 2.65. The van der Waals surface area contributed by atoms with Crippen LogP contribution in [0.1, 0.15) is 16.7 Å². The molecule has 0 atom stereocenters. The second-order valence-corrected chi connectivity index (χ2v) is 4.32. The highest BCUT2D eigenvalue weighted by molar-refractivity contribution is 5.53. The van der Waals surface area contributed by atoms with Crippen molar-refractivity contribution in [2.45, 2.75) is 20.5 Å². The van der Waals surface area contributed by atoms with Gasteiger partial charge in [0.05, 0.1) is 5.69 Å². The minimum atomic E-state index is 0.551. The number of hydrogen-bond acceptors (Lipinski definition) is 2. The SMILES string of the molecule is Cc1cccc(COc2cc(C)ccc2N)c1. The molecule has 0 amide bonds. The van der Waals surface area contributed by atoms with Crippen LogP contribution in [0.4, 0.5) is 5.69 Å². The van der Waals surface area contributed by atoms with Crippen LogP contribution in [0.25, 0.3) is 0 Å². The minimum absolute atomic E-state index is 0.551. The molecule has 0 spiro atoms. The van der Waals surface area contributed by atoms with Crippen LogP contribution >= 0.6 is 0 Å². The van der Waals surface area contributed by atoms with E-state index in [1.54, 1.807) is 0 Å². The van der Waals surface area contributed by atoms with Crippen LogP contribution in [-0.4, -0.2) is 0 Å². The van der Waals surface area contributed by atoms with Crippen molar-refractivity contribution in [1.82, 2.24) is 0 Å². The van der Waals surface area contributed by atoms with Gasteiger partial charge in [-0.3, -0.25) is 0 Å². The Morgan fingerprint density at radius 3 is 2.53 bits per heavy atom. The summed E-state index contributed by atoms with van der Waals surface area (Å²) in [5.41, 5.74) is 10.1. The van der Waals surface area contributed by atoms with Crippen molar-refractivity contribution >= 4 is 5.69 Å². The first-order valence-corrected chi connectivity index (χ1v) is 5.69. The summed E-state index contributed by atoms with van der Waals surface area (Å²) < 4.78 is 5.73. The molecule has 2 heteroatoms. The van der Waals surface area contributed by atoms with Crippen molar-refractivity contribution in [1.29, 1.82) is 0 Å². The van der Waals surface area contributed by atoms with Crippen molar-refractivity contribution in [3.8, 4) is 5.75 Å². The van der Waals surface area contributed by atoms with Gasteiger partial charge in [-0.05, 0) is 37.1 Å². The molecular formula is C15H17NO. The van der Waals surface area contributed by atoms with E-state index in [9.17, 15) is 0 Å². The highest BCUT2D eigenvalue weighted by Crippen LogP contribution is 2.23. The second kappa shape index (κ2) is 4.91. The average molecular weight is 227 g/mol. The number of ether oxygens (including phenoxy) is 1. The Morgan fingerprint density at radius 2 is 1.76 bits per heavy atom. The molecule has 0 aromatic heterocycles. The first kappa shape index (κ1) is 11.5. The van der Waals surface area contributed by atoms with Crippen molar-refractivity contribution in [2.24, 2.45) is 0 Å². The van der Waals surface area contributed by atoms with E-state index in [0.717, 1.165) is 16.9 Å². The molecular weight excluding hydrogens is 210 g/mol. The van der Waals surface area contributed by atoms with E-state index < -0.39 is 0 Å². The maximum absolute atomic E-state index is 5.86. The molecule has 0 radical (unpaired) electrons. The zero-order valence-electron chi connectivity index (χ0n) is 10.2. The number of nitrogen functional groups attached to an aromatic ring is 1. The molecule has 2 nitrogen and oxygen atoms in total. The Balaban J connectivity index is 2.09. The molecule has 0 heterocycles. The molecule has 2 aromatic carbocycles. The molecule has 0 saturated carbocycles. The monoisotopic (exact) mass is 227 g/mol. The molecule has 0 bridgehead atoms. The van der Waals surface area contributed by atoms with Gasteiger partial charge in [0.15, 0.2) is 0 Å². The molecule has 2 rings (SSSR count). The van der Waals surface area contributed by atoms with Crippen LogP contribution in [0.5, 0.6) is 5.75 Å². The molecule has 2 N–H and O–H groups in total. The number of aryl methyl sites for hydroxylation is 2. The Bertz CT molecular complexity index is 520. The fourth-order valence-corrected chi connectivity index (χ4v) is 1.73. The normalized spacial score (nSPS) is 10.2. The lowest BCUT2D eigenvalue weighted by Crippen LogP contribution is -1.99. The highest BCUT2D eigenvalue weighted by Gasteiger charge is 2.01. The van der Waals surface area contributed by atoms with Crippen LogP contribution in [0.15, 0.2) is 42.5 Å². The van der Waals surface area contributed by atoms with Crippen LogP contribution < -0.4 is 10.5 Å². The van der Waals surface area contributed by atoms with Crippen LogP contribution in [0.3, 0.4) is 0 Å². The number of benzene rings is 2. The summed E-state index contributed by atoms with van der Waals surface area (Å²) in [6.45, 7) is 4.65. The number of anilines is 1. The van der Waals surface area contributed by atoms with Crippen molar-refractivity contribution < 1.29 is 4.74 Å². The maximum Gasteiger partial charge on any atom is 0.142 e. The van der Waals surface area contributed by atoms with Gasteiger partial charge in [-0.25, -0.2) is 0 Å². The molecule has 0 fully saturated rings. The van der Waals surface area contributed by atoms with E-state index in [0.29, 0.717) is 12.3 Å². The predicted octanol–water partition coefficient (Wildman–Crippen LogP) is 3.46. The van der Waals surface area contributed by atoms with Gasteiger partial charge in [-0.15, -0.1) is 0 Å². The number of nitrogens with two attached hydrogens (primary N) is 1. The topological polar surface area (TPSA) is 35.2 Å². The maximum atomic E-state index is 5.86. The van der Waals surface area contributed by atoms with E-state index in [-0.39, 0.29) is 0 Å². The third kappa shape index (κ3) is 3.00. The Hall–Kier alpha value is -1.96. The van der Waals surface area contributed by atoms with Gasteiger partial charge in [0.2, 0.25) is 0 Å². The lowest BCUT2D eigenvalue weighted by molar-refractivity contribution is 0.307. The van der Waals surface area contributed by atoms with Gasteiger partial charge in [-0.2, -0.15) is 0 Å². The zero-order chi connectivity index (χ0) is 12.3. The fraction of sp³-hybridized carbons (Fsp3) is 0.200. The standard InChI is InChI=1S/C15H17NO/c1-11-4-3-5-13(8-11)10-17-15-9-12(2)6-7-14(15)16/h3-9H,10,16H2,1-2H3. The van der Waals surface area contributed by atoms with Gasteiger partial charge in [-0.1, -0.05) is 35.9 Å². The predicted molar refractivity (Wildman–Crippen MR) is 71.1 cm³/mol. The van der Waals surface area contributed by atoms with Crippen molar-refractivity contribution in [3.63, 3.8) is 0 Å². The quantitative estimate of drug-likeness (QED) is 0.815. The van der Waals surface area contributed by atoms with E-state index >= 15 is 0 Å². The van der Waals surface area contributed by atoms with Crippen LogP contribution in [0.2, 0.25) is 0 Å². The van der Waals surface area contributed by atoms with Gasteiger partial charge in [0.1, 0.15) is 12.4 Å². The van der Waals surface area contributed by atoms with Crippen molar-refractivity contribution in [3.05, 3.63) is 59.2 Å². The van der Waals surface area contributed by atoms with Gasteiger partial charge in [0.25, 0.3) is 0 Å². The number of rotatable bonds is 3. The third-order valence-corrected chi connectivity index (χ3v) is 2.65. The van der Waals surface area contributed by atoms with E-state index in [1.165, 1.54) is 5.56 Å². The van der Waals surface area contributed by atoms with Crippen LogP contribution in [0, 0.1) is 13.8 Å². The van der Waals surface area contributed by atoms with E-state index in [1.807, 2.05) is 31.2 Å². The summed E-state index contributed by atoms with van der Waals surface area (Å²) in [7, 11) is 0. The molecule has 17 heavy (non-hydrogen) atoms. The summed E-state index contributed by atoms with van der Waals surface area (Å²) >= 11 is 0. The van der Waals surface area contributed by atoms with E-state index in [4.69, 9.17) is 10.5 Å². The van der Waals surface area contributed by atoms with Crippen LogP contribution in [-0.2, 0) is 6.61 Å². The zero-order valence-corrected chi connectivity index (χ0v) is 10.2. The summed E-state index contributed by atoms with van der Waals surface area (Å²) in [5.74, 6) is 0.756. The smallest absolute Gasteiger partial charge is 0.142 e. The first-order chi connectivity index (χ1) is 8.15. The lowest BCUT2D eigenvalue weighted by Gasteiger charge is -2.10. The average Bonchev–Trinajstić information content (AvgIpc) is 2.30. The summed E-state index contributed by atoms with van der Waals surface area (Å²) in [6.07, 6.45) is 0. The highest BCUT2D eigenvalue weighted by atomic mass is 16.5. The molecule has 0 aliphatic carbocycles. The second-order valence-electron chi connectivity index (χ2n) is 4.32. The Morgan fingerprint density at radius 1 is 1.00 bits per heavy atom. The van der Waals surface area contributed by atoms with E-state index in [2.05, 4.69) is 25.1 Å². The Labute approximate surface area is 102 Å². The molecule has 0 unspecified atom stereocenters. The minimum Gasteiger partial charge on any atom is -0.487 e. The largest absolute Gasteiger partial charge is 0.487 e. The lowest BCUT2D eigenvalue weighted by atomic mass is 10.1. The fourth-order valence-electron chi connectivity index (χ4n) is 1.73. The van der Waals surface area contributed by atoms with Gasteiger partial charge in [0, 0.05) is 0 Å². The molecule has 2 aromatic rings. The molecule has 88 valence electrons. The number of hydrogen-bond donors (Lipinski definition) is 1. The summed E-state index contributed by atoms with van der Waals surface area (Å²) in [6, 6.07) is 14.1. The molecule has 0 saturated heterocycles.